The second-order valence-electron chi connectivity index (χ2n) is 4.01. The molecule has 0 atom stereocenters. The topological polar surface area (TPSA) is 64.4 Å². The third-order valence-electron chi connectivity index (χ3n) is 2.58. The third-order valence-corrected chi connectivity index (χ3v) is 3.33. The van der Waals surface area contributed by atoms with Gasteiger partial charge in [0, 0.05) is 12.6 Å². The number of alkyl halides is 3. The summed E-state index contributed by atoms with van der Waals surface area (Å²) < 4.78 is 42.0. The molecule has 9 heteroatoms. The van der Waals surface area contributed by atoms with E-state index in [-0.39, 0.29) is 15.2 Å². The maximum atomic E-state index is 12.2. The Balaban J connectivity index is 2.46. The van der Waals surface area contributed by atoms with Crippen molar-refractivity contribution in [3.05, 3.63) is 33.7 Å². The number of hydrogen-bond donors (Lipinski definition) is 1. The highest BCUT2D eigenvalue weighted by molar-refractivity contribution is 14.1. The van der Waals surface area contributed by atoms with Crippen molar-refractivity contribution in [1.82, 2.24) is 9.55 Å². The smallest absolute Gasteiger partial charge is 0.476 e. The van der Waals surface area contributed by atoms with Gasteiger partial charge in [-0.05, 0) is 34.7 Å². The number of hydrogen-bond acceptors (Lipinski definition) is 3. The number of halogens is 4. The standard InChI is InChI=1S/C12H8F3IN2O3/c1-18-8(11(19)20)9(16)17-10(18)6-3-2-4-7(5-6)21-12(13,14)15/h2-5H,1H3,(H,19,20). The van der Waals surface area contributed by atoms with Crippen molar-refractivity contribution in [3.63, 3.8) is 0 Å². The summed E-state index contributed by atoms with van der Waals surface area (Å²) in [4.78, 5) is 15.2. The Morgan fingerprint density at radius 2 is 2.10 bits per heavy atom. The van der Waals surface area contributed by atoms with Crippen LogP contribution >= 0.6 is 22.6 Å². The van der Waals surface area contributed by atoms with Crippen LogP contribution < -0.4 is 4.74 Å². The third kappa shape index (κ3) is 3.46. The van der Waals surface area contributed by atoms with Crippen LogP contribution in [-0.2, 0) is 7.05 Å². The molecular formula is C12H8F3IN2O3. The Morgan fingerprint density at radius 3 is 2.62 bits per heavy atom. The highest BCUT2D eigenvalue weighted by Crippen LogP contribution is 2.28. The lowest BCUT2D eigenvalue weighted by molar-refractivity contribution is -0.274. The number of imidazole rings is 1. The molecule has 0 amide bonds. The molecule has 2 aromatic rings. The number of carbonyl (C=O) groups is 1. The lowest BCUT2D eigenvalue weighted by Gasteiger charge is -2.10. The summed E-state index contributed by atoms with van der Waals surface area (Å²) in [7, 11) is 1.48. The zero-order valence-corrected chi connectivity index (χ0v) is 12.6. The SMILES string of the molecule is Cn1c(-c2cccc(OC(F)(F)F)c2)nc(I)c1C(=O)O. The first-order valence-electron chi connectivity index (χ1n) is 5.50. The Bertz CT molecular complexity index is 698. The lowest BCUT2D eigenvalue weighted by atomic mass is 10.2. The fourth-order valence-electron chi connectivity index (χ4n) is 1.79. The van der Waals surface area contributed by atoms with Gasteiger partial charge in [-0.1, -0.05) is 12.1 Å². The van der Waals surface area contributed by atoms with E-state index in [2.05, 4.69) is 9.72 Å². The minimum Gasteiger partial charge on any atom is -0.476 e. The quantitative estimate of drug-likeness (QED) is 0.787. The van der Waals surface area contributed by atoms with E-state index in [0.29, 0.717) is 5.56 Å². The van der Waals surface area contributed by atoms with Crippen LogP contribution in [0.2, 0.25) is 0 Å². The highest BCUT2D eigenvalue weighted by atomic mass is 127. The lowest BCUT2D eigenvalue weighted by Crippen LogP contribution is -2.17. The van der Waals surface area contributed by atoms with Crippen molar-refractivity contribution in [2.75, 3.05) is 0 Å². The van der Waals surface area contributed by atoms with Gasteiger partial charge in [0.05, 0.1) is 0 Å². The predicted octanol–water partition coefficient (Wildman–Crippen LogP) is 3.29. The Hall–Kier alpha value is -1.78. The molecule has 112 valence electrons. The molecule has 0 aliphatic carbocycles. The zero-order valence-electron chi connectivity index (χ0n) is 10.5. The van der Waals surface area contributed by atoms with E-state index in [4.69, 9.17) is 5.11 Å². The van der Waals surface area contributed by atoms with Gasteiger partial charge in [0.25, 0.3) is 0 Å². The zero-order chi connectivity index (χ0) is 15.8. The maximum Gasteiger partial charge on any atom is 0.573 e. The van der Waals surface area contributed by atoms with Crippen molar-refractivity contribution in [2.24, 2.45) is 7.05 Å². The minimum atomic E-state index is -4.79. The Kier molecular flexibility index (Phi) is 4.12. The highest BCUT2D eigenvalue weighted by Gasteiger charge is 2.31. The summed E-state index contributed by atoms with van der Waals surface area (Å²) in [6.07, 6.45) is -4.79. The van der Waals surface area contributed by atoms with Crippen LogP contribution in [0.4, 0.5) is 13.2 Å². The molecule has 0 aliphatic heterocycles. The van der Waals surface area contributed by atoms with Gasteiger partial charge in [-0.2, -0.15) is 0 Å². The van der Waals surface area contributed by atoms with E-state index in [1.54, 1.807) is 22.6 Å². The molecule has 1 aromatic heterocycles. The van der Waals surface area contributed by atoms with Crippen molar-refractivity contribution in [3.8, 4) is 17.1 Å². The molecule has 21 heavy (non-hydrogen) atoms. The maximum absolute atomic E-state index is 12.2. The van der Waals surface area contributed by atoms with Gasteiger partial charge < -0.3 is 14.4 Å². The van der Waals surface area contributed by atoms with Crippen molar-refractivity contribution in [2.45, 2.75) is 6.36 Å². The average Bonchev–Trinajstić information content (AvgIpc) is 2.63. The summed E-state index contributed by atoms with van der Waals surface area (Å²) in [5, 5.41) is 9.08. The van der Waals surface area contributed by atoms with Gasteiger partial charge in [-0.3, -0.25) is 0 Å². The number of aromatic nitrogens is 2. The summed E-state index contributed by atoms with van der Waals surface area (Å²) in [6, 6.07) is 5.20. The molecule has 0 unspecified atom stereocenters. The molecule has 2 rings (SSSR count). The van der Waals surface area contributed by atoms with Crippen LogP contribution in [0.1, 0.15) is 10.5 Å². The monoisotopic (exact) mass is 412 g/mol. The number of benzene rings is 1. The molecule has 0 spiro atoms. The molecule has 0 fully saturated rings. The van der Waals surface area contributed by atoms with Crippen molar-refractivity contribution < 1.29 is 27.8 Å². The summed E-state index contributed by atoms with van der Waals surface area (Å²) in [5.74, 6) is -1.32. The molecule has 0 saturated carbocycles. The largest absolute Gasteiger partial charge is 0.573 e. The molecule has 5 nitrogen and oxygen atoms in total. The van der Waals surface area contributed by atoms with Gasteiger partial charge in [-0.15, -0.1) is 13.2 Å². The van der Waals surface area contributed by atoms with Crippen LogP contribution in [0.5, 0.6) is 5.75 Å². The number of aromatic carboxylic acids is 1. The second kappa shape index (κ2) is 5.54. The van der Waals surface area contributed by atoms with E-state index < -0.39 is 18.1 Å². The van der Waals surface area contributed by atoms with Crippen LogP contribution in [0.3, 0.4) is 0 Å². The average molecular weight is 412 g/mol. The molecule has 1 heterocycles. The summed E-state index contributed by atoms with van der Waals surface area (Å²) in [5.41, 5.74) is 0.289. The van der Waals surface area contributed by atoms with Gasteiger partial charge >= 0.3 is 12.3 Å². The van der Waals surface area contributed by atoms with Crippen LogP contribution in [0.15, 0.2) is 24.3 Å². The van der Waals surface area contributed by atoms with Crippen molar-refractivity contribution in [1.29, 1.82) is 0 Å². The number of ether oxygens (including phenoxy) is 1. The van der Waals surface area contributed by atoms with Crippen LogP contribution in [0, 0.1) is 3.70 Å². The van der Waals surface area contributed by atoms with Gasteiger partial charge in [-0.25, -0.2) is 9.78 Å². The van der Waals surface area contributed by atoms with Crippen LogP contribution in [-0.4, -0.2) is 27.0 Å². The number of carboxylic acid groups (broad SMARTS) is 1. The first kappa shape index (κ1) is 15.6. The number of carboxylic acids is 1. The molecular weight excluding hydrogens is 404 g/mol. The van der Waals surface area contributed by atoms with Crippen LogP contribution in [0.25, 0.3) is 11.4 Å². The normalized spacial score (nSPS) is 11.5. The Labute approximate surface area is 130 Å². The molecule has 0 saturated heterocycles. The molecule has 0 aliphatic rings. The number of nitrogens with zero attached hydrogens (tertiary/aromatic N) is 2. The molecule has 0 radical (unpaired) electrons. The fourth-order valence-corrected chi connectivity index (χ4v) is 2.61. The summed E-state index contributed by atoms with van der Waals surface area (Å²) >= 11 is 1.76. The molecule has 1 aromatic carbocycles. The van der Waals surface area contributed by atoms with E-state index in [0.717, 1.165) is 12.1 Å². The predicted molar refractivity (Wildman–Crippen MR) is 75.0 cm³/mol. The van der Waals surface area contributed by atoms with E-state index >= 15 is 0 Å². The first-order valence-corrected chi connectivity index (χ1v) is 6.58. The fraction of sp³-hybridized carbons (Fsp3) is 0.167. The molecule has 1 N–H and O–H groups in total. The van der Waals surface area contributed by atoms with Gasteiger partial charge in [0.15, 0.2) is 5.69 Å². The first-order chi connectivity index (χ1) is 9.69. The van der Waals surface area contributed by atoms with E-state index in [1.807, 2.05) is 0 Å². The van der Waals surface area contributed by atoms with Gasteiger partial charge in [0.1, 0.15) is 15.3 Å². The number of rotatable bonds is 3. The summed E-state index contributed by atoms with van der Waals surface area (Å²) in [6.45, 7) is 0. The second-order valence-corrected chi connectivity index (χ2v) is 5.04. The van der Waals surface area contributed by atoms with Gasteiger partial charge in [0.2, 0.25) is 0 Å². The van der Waals surface area contributed by atoms with E-state index in [1.165, 1.54) is 23.7 Å². The van der Waals surface area contributed by atoms with Crippen molar-refractivity contribution >= 4 is 28.6 Å². The molecule has 0 bridgehead atoms. The van der Waals surface area contributed by atoms with E-state index in [9.17, 15) is 18.0 Å². The minimum absolute atomic E-state index is 0.0345. The Morgan fingerprint density at radius 1 is 1.43 bits per heavy atom.